The van der Waals surface area contributed by atoms with Gasteiger partial charge in [0.15, 0.2) is 0 Å². The summed E-state index contributed by atoms with van der Waals surface area (Å²) in [6.45, 7) is 0.0730. The van der Waals surface area contributed by atoms with Crippen molar-refractivity contribution in [1.82, 2.24) is 0 Å². The number of hydrogen-bond acceptors (Lipinski definition) is 4. The van der Waals surface area contributed by atoms with Gasteiger partial charge < -0.3 is 18.9 Å². The Hall–Kier alpha value is -3.92. The molecule has 144 valence electrons. The van der Waals surface area contributed by atoms with Gasteiger partial charge in [0, 0.05) is 12.1 Å². The van der Waals surface area contributed by atoms with Crippen molar-refractivity contribution in [2.24, 2.45) is 0 Å². The summed E-state index contributed by atoms with van der Waals surface area (Å²) in [7, 11) is 0. The fourth-order valence-corrected chi connectivity index (χ4v) is 2.67. The number of hydrogen-bond donors (Lipinski definition) is 0. The van der Waals surface area contributed by atoms with Gasteiger partial charge in [-0.3, -0.25) is 0 Å². The topological polar surface area (TPSA) is 36.9 Å². The zero-order valence-corrected chi connectivity index (χ0v) is 15.7. The normalized spacial score (nSPS) is 10.2. The molecule has 4 aromatic rings. The van der Waals surface area contributed by atoms with Crippen molar-refractivity contribution in [3.63, 3.8) is 0 Å². The zero-order chi connectivity index (χ0) is 19.7. The Bertz CT molecular complexity index is 948. The Morgan fingerprint density at radius 3 is 1.21 bits per heavy atom. The molecular weight excluding hydrogens is 364 g/mol. The third-order valence-electron chi connectivity index (χ3n) is 4.02. The molecule has 0 aliphatic heterocycles. The van der Waals surface area contributed by atoms with Crippen LogP contribution in [-0.4, -0.2) is 6.79 Å². The molecule has 0 unspecified atom stereocenters. The van der Waals surface area contributed by atoms with E-state index >= 15 is 0 Å². The Morgan fingerprint density at radius 2 is 0.759 bits per heavy atom. The van der Waals surface area contributed by atoms with Gasteiger partial charge in [-0.05, 0) is 48.5 Å². The van der Waals surface area contributed by atoms with Crippen LogP contribution in [0.25, 0.3) is 0 Å². The van der Waals surface area contributed by atoms with E-state index in [1.54, 1.807) is 0 Å². The van der Waals surface area contributed by atoms with Crippen molar-refractivity contribution in [2.45, 2.75) is 0 Å². The third-order valence-corrected chi connectivity index (χ3v) is 4.02. The summed E-state index contributed by atoms with van der Waals surface area (Å²) in [5, 5.41) is 0. The fraction of sp³-hybridized carbons (Fsp3) is 0.0400. The van der Waals surface area contributed by atoms with E-state index in [0.717, 1.165) is 11.5 Å². The highest BCUT2D eigenvalue weighted by Crippen LogP contribution is 2.27. The number of ether oxygens (including phenoxy) is 4. The maximum atomic E-state index is 5.82. The molecule has 4 aromatic carbocycles. The molecule has 4 rings (SSSR count). The molecule has 0 saturated carbocycles. The van der Waals surface area contributed by atoms with E-state index in [9.17, 15) is 0 Å². The van der Waals surface area contributed by atoms with Crippen LogP contribution >= 0.6 is 0 Å². The second kappa shape index (κ2) is 9.33. The van der Waals surface area contributed by atoms with Crippen molar-refractivity contribution < 1.29 is 18.9 Å². The zero-order valence-electron chi connectivity index (χ0n) is 15.7. The number of para-hydroxylation sites is 2. The standard InChI is InChI=1S/C25H20O4/c1-3-9-20(10-4-1)28-24-15-7-13-22(17-24)26-19-27-23-14-8-16-25(18-23)29-21-11-5-2-6-12-21/h1-18H,19H2. The van der Waals surface area contributed by atoms with Gasteiger partial charge in [-0.25, -0.2) is 0 Å². The largest absolute Gasteiger partial charge is 0.457 e. The lowest BCUT2D eigenvalue weighted by atomic mass is 10.3. The smallest absolute Gasteiger partial charge is 0.230 e. The lowest BCUT2D eigenvalue weighted by Gasteiger charge is -2.11. The maximum absolute atomic E-state index is 5.82. The molecule has 0 aliphatic carbocycles. The molecule has 0 heterocycles. The van der Waals surface area contributed by atoms with Crippen LogP contribution in [0, 0.1) is 0 Å². The highest BCUT2D eigenvalue weighted by atomic mass is 16.7. The Kier molecular flexibility index (Phi) is 5.93. The highest BCUT2D eigenvalue weighted by Gasteiger charge is 2.02. The minimum atomic E-state index is 0.0730. The van der Waals surface area contributed by atoms with E-state index in [4.69, 9.17) is 18.9 Å². The molecule has 0 saturated heterocycles. The molecule has 0 aromatic heterocycles. The lowest BCUT2D eigenvalue weighted by Crippen LogP contribution is -2.05. The predicted octanol–water partition coefficient (Wildman–Crippen LogP) is 6.69. The van der Waals surface area contributed by atoms with Crippen molar-refractivity contribution in [3.05, 3.63) is 109 Å². The summed E-state index contributed by atoms with van der Waals surface area (Å²) in [5.41, 5.74) is 0. The van der Waals surface area contributed by atoms with Gasteiger partial charge >= 0.3 is 0 Å². The summed E-state index contributed by atoms with van der Waals surface area (Å²) in [5.74, 6) is 4.27. The molecule has 0 atom stereocenters. The molecule has 29 heavy (non-hydrogen) atoms. The van der Waals surface area contributed by atoms with Gasteiger partial charge in [0.25, 0.3) is 0 Å². The Balaban J connectivity index is 1.32. The van der Waals surface area contributed by atoms with E-state index in [0.29, 0.717) is 23.0 Å². The van der Waals surface area contributed by atoms with Crippen molar-refractivity contribution in [3.8, 4) is 34.5 Å². The van der Waals surface area contributed by atoms with Crippen LogP contribution in [0.1, 0.15) is 0 Å². The van der Waals surface area contributed by atoms with Crippen molar-refractivity contribution >= 4 is 0 Å². The molecule has 4 heteroatoms. The van der Waals surface area contributed by atoms with E-state index in [2.05, 4.69) is 0 Å². The molecule has 4 nitrogen and oxygen atoms in total. The van der Waals surface area contributed by atoms with Gasteiger partial charge in [0.2, 0.25) is 6.79 Å². The second-order valence-corrected chi connectivity index (χ2v) is 6.19. The predicted molar refractivity (Wildman–Crippen MR) is 112 cm³/mol. The third kappa shape index (κ3) is 5.53. The minimum Gasteiger partial charge on any atom is -0.457 e. The molecule has 0 amide bonds. The molecule has 0 fully saturated rings. The van der Waals surface area contributed by atoms with Crippen LogP contribution < -0.4 is 18.9 Å². The average Bonchev–Trinajstić information content (AvgIpc) is 2.76. The molecule has 0 spiro atoms. The second-order valence-electron chi connectivity index (χ2n) is 6.19. The van der Waals surface area contributed by atoms with Gasteiger partial charge in [-0.15, -0.1) is 0 Å². The Labute approximate surface area is 169 Å². The number of benzene rings is 4. The molecule has 0 aliphatic rings. The van der Waals surface area contributed by atoms with Gasteiger partial charge in [0.05, 0.1) is 0 Å². The van der Waals surface area contributed by atoms with Crippen LogP contribution in [-0.2, 0) is 0 Å². The summed E-state index contributed by atoms with van der Waals surface area (Å²) in [4.78, 5) is 0. The fourth-order valence-electron chi connectivity index (χ4n) is 2.67. The van der Waals surface area contributed by atoms with Crippen LogP contribution in [0.5, 0.6) is 34.5 Å². The Morgan fingerprint density at radius 1 is 0.379 bits per heavy atom. The lowest BCUT2D eigenvalue weighted by molar-refractivity contribution is 0.119. The first-order valence-electron chi connectivity index (χ1n) is 9.27. The quantitative estimate of drug-likeness (QED) is 0.317. The van der Waals surface area contributed by atoms with E-state index in [1.165, 1.54) is 0 Å². The van der Waals surface area contributed by atoms with E-state index < -0.39 is 0 Å². The first-order valence-corrected chi connectivity index (χ1v) is 9.27. The highest BCUT2D eigenvalue weighted by molar-refractivity contribution is 5.38. The van der Waals surface area contributed by atoms with Crippen molar-refractivity contribution in [2.75, 3.05) is 6.79 Å². The monoisotopic (exact) mass is 384 g/mol. The molecule has 0 bridgehead atoms. The molecular formula is C25H20O4. The van der Waals surface area contributed by atoms with Crippen molar-refractivity contribution in [1.29, 1.82) is 0 Å². The van der Waals surface area contributed by atoms with Crippen LogP contribution in [0.4, 0.5) is 0 Å². The van der Waals surface area contributed by atoms with Crippen LogP contribution in [0.15, 0.2) is 109 Å². The van der Waals surface area contributed by atoms with Gasteiger partial charge in [0.1, 0.15) is 34.5 Å². The minimum absolute atomic E-state index is 0.0730. The maximum Gasteiger partial charge on any atom is 0.230 e. The summed E-state index contributed by atoms with van der Waals surface area (Å²) in [6, 6.07) is 34.1. The van der Waals surface area contributed by atoms with Crippen LogP contribution in [0.3, 0.4) is 0 Å². The summed E-state index contributed by atoms with van der Waals surface area (Å²) in [6.07, 6.45) is 0. The molecule has 0 radical (unpaired) electrons. The summed E-state index contributed by atoms with van der Waals surface area (Å²) < 4.78 is 23.0. The summed E-state index contributed by atoms with van der Waals surface area (Å²) >= 11 is 0. The first kappa shape index (κ1) is 18.4. The van der Waals surface area contributed by atoms with Crippen LogP contribution in [0.2, 0.25) is 0 Å². The van der Waals surface area contributed by atoms with Gasteiger partial charge in [-0.2, -0.15) is 0 Å². The number of rotatable bonds is 8. The van der Waals surface area contributed by atoms with E-state index in [1.807, 2.05) is 109 Å². The average molecular weight is 384 g/mol. The van der Waals surface area contributed by atoms with Gasteiger partial charge in [-0.1, -0.05) is 48.5 Å². The molecule has 0 N–H and O–H groups in total. The van der Waals surface area contributed by atoms with E-state index in [-0.39, 0.29) is 6.79 Å². The SMILES string of the molecule is c1ccc(Oc2cccc(OCOc3cccc(Oc4ccccc4)c3)c2)cc1. The first-order chi connectivity index (χ1) is 14.3.